The molecule has 0 aliphatic carbocycles. The lowest BCUT2D eigenvalue weighted by atomic mass is 10.2. The highest BCUT2D eigenvalue weighted by Crippen LogP contribution is 2.16. The number of amides is 1. The van der Waals surface area contributed by atoms with Crippen LogP contribution in [0.4, 0.5) is 0 Å². The van der Waals surface area contributed by atoms with Crippen LogP contribution in [0.2, 0.25) is 0 Å². The Morgan fingerprint density at radius 2 is 2.12 bits per heavy atom. The Balaban J connectivity index is 2.06. The average Bonchev–Trinajstić information content (AvgIpc) is 2.94. The van der Waals surface area contributed by atoms with Gasteiger partial charge in [0.1, 0.15) is 5.65 Å². The number of fused-ring (bicyclic) bond motifs is 1. The number of carbonyl (C=O) groups excluding carboxylic acids is 1. The van der Waals surface area contributed by atoms with Crippen molar-refractivity contribution in [1.29, 1.82) is 0 Å². The molecule has 4 heteroatoms. The van der Waals surface area contributed by atoms with Crippen molar-refractivity contribution in [2.24, 2.45) is 0 Å². The molecule has 17 heavy (non-hydrogen) atoms. The first kappa shape index (κ1) is 10.3. The molecular formula is C13H15N3O. The monoisotopic (exact) mass is 229 g/mol. The fourth-order valence-corrected chi connectivity index (χ4v) is 2.39. The second-order valence-corrected chi connectivity index (χ2v) is 4.53. The van der Waals surface area contributed by atoms with E-state index in [0.29, 0.717) is 5.56 Å². The van der Waals surface area contributed by atoms with E-state index in [1.807, 2.05) is 40.8 Å². The molecule has 0 atom stereocenters. The molecule has 0 N–H and O–H groups in total. The molecule has 0 spiro atoms. The molecule has 0 aromatic carbocycles. The normalized spacial score (nSPS) is 15.7. The molecule has 2 aromatic heterocycles. The molecule has 1 aliphatic heterocycles. The van der Waals surface area contributed by atoms with Gasteiger partial charge >= 0.3 is 0 Å². The van der Waals surface area contributed by atoms with E-state index in [4.69, 9.17) is 0 Å². The molecule has 4 nitrogen and oxygen atoms in total. The van der Waals surface area contributed by atoms with Crippen LogP contribution >= 0.6 is 0 Å². The summed E-state index contributed by atoms with van der Waals surface area (Å²) in [6.45, 7) is 3.69. The van der Waals surface area contributed by atoms with E-state index < -0.39 is 0 Å². The number of likely N-dealkylation sites (tertiary alicyclic amines) is 1. The molecule has 1 saturated heterocycles. The van der Waals surface area contributed by atoms with E-state index in [1.54, 1.807) is 0 Å². The van der Waals surface area contributed by atoms with E-state index in [9.17, 15) is 4.79 Å². The van der Waals surface area contributed by atoms with Gasteiger partial charge in [-0.15, -0.1) is 0 Å². The van der Waals surface area contributed by atoms with Gasteiger partial charge in [-0.25, -0.2) is 4.98 Å². The summed E-state index contributed by atoms with van der Waals surface area (Å²) in [5.74, 6) is 0.110. The lowest BCUT2D eigenvalue weighted by molar-refractivity contribution is 0.0794. The lowest BCUT2D eigenvalue weighted by Crippen LogP contribution is -2.28. The van der Waals surface area contributed by atoms with Gasteiger partial charge in [-0.3, -0.25) is 4.79 Å². The minimum absolute atomic E-state index is 0.110. The average molecular weight is 229 g/mol. The largest absolute Gasteiger partial charge is 0.339 e. The van der Waals surface area contributed by atoms with E-state index >= 15 is 0 Å². The summed E-state index contributed by atoms with van der Waals surface area (Å²) >= 11 is 0. The summed E-state index contributed by atoms with van der Waals surface area (Å²) in [5, 5.41) is 0. The number of nitrogens with zero attached hydrogens (tertiary/aromatic N) is 3. The fourth-order valence-electron chi connectivity index (χ4n) is 2.39. The third-order valence-corrected chi connectivity index (χ3v) is 3.23. The predicted octanol–water partition coefficient (Wildman–Crippen LogP) is 1.88. The van der Waals surface area contributed by atoms with Gasteiger partial charge in [-0.2, -0.15) is 0 Å². The van der Waals surface area contributed by atoms with Crippen LogP contribution in [0.5, 0.6) is 0 Å². The molecule has 88 valence electrons. The van der Waals surface area contributed by atoms with E-state index in [1.165, 1.54) is 0 Å². The molecule has 1 aliphatic rings. The summed E-state index contributed by atoms with van der Waals surface area (Å²) in [5.41, 5.74) is 2.41. The Morgan fingerprint density at radius 1 is 1.35 bits per heavy atom. The zero-order valence-corrected chi connectivity index (χ0v) is 9.89. The molecule has 0 unspecified atom stereocenters. The third-order valence-electron chi connectivity index (χ3n) is 3.23. The standard InChI is InChI=1S/C13H15N3O/c1-10-9-16-8-4-5-11(12(16)14-10)13(17)15-6-2-3-7-15/h4-5,8-9H,2-3,6-7H2,1H3. The van der Waals surface area contributed by atoms with Crippen LogP contribution in [-0.4, -0.2) is 33.3 Å². The van der Waals surface area contributed by atoms with E-state index in [2.05, 4.69) is 4.98 Å². The predicted molar refractivity (Wildman–Crippen MR) is 65.1 cm³/mol. The van der Waals surface area contributed by atoms with Crippen molar-refractivity contribution in [3.05, 3.63) is 35.8 Å². The van der Waals surface area contributed by atoms with Crippen molar-refractivity contribution in [2.45, 2.75) is 19.8 Å². The van der Waals surface area contributed by atoms with Gasteiger partial charge < -0.3 is 9.30 Å². The van der Waals surface area contributed by atoms with E-state index in [-0.39, 0.29) is 5.91 Å². The van der Waals surface area contributed by atoms with Crippen molar-refractivity contribution >= 4 is 11.6 Å². The number of hydrogen-bond donors (Lipinski definition) is 0. The van der Waals surface area contributed by atoms with Gasteiger partial charge in [-0.05, 0) is 31.9 Å². The highest BCUT2D eigenvalue weighted by molar-refractivity contribution is 5.99. The van der Waals surface area contributed by atoms with Crippen molar-refractivity contribution in [2.75, 3.05) is 13.1 Å². The SMILES string of the molecule is Cc1cn2cccc(C(=O)N3CCCC3)c2n1. The van der Waals surface area contributed by atoms with Crippen molar-refractivity contribution < 1.29 is 4.79 Å². The Kier molecular flexibility index (Phi) is 2.35. The molecule has 0 radical (unpaired) electrons. The highest BCUT2D eigenvalue weighted by Gasteiger charge is 2.21. The number of carbonyl (C=O) groups is 1. The van der Waals surface area contributed by atoms with Crippen LogP contribution in [0, 0.1) is 6.92 Å². The summed E-state index contributed by atoms with van der Waals surface area (Å²) in [7, 11) is 0. The van der Waals surface area contributed by atoms with Gasteiger partial charge in [0.25, 0.3) is 5.91 Å². The Bertz CT molecular complexity index is 567. The first-order valence-corrected chi connectivity index (χ1v) is 5.99. The number of imidazole rings is 1. The fraction of sp³-hybridized carbons (Fsp3) is 0.385. The Morgan fingerprint density at radius 3 is 2.88 bits per heavy atom. The maximum Gasteiger partial charge on any atom is 0.257 e. The van der Waals surface area contributed by atoms with Crippen molar-refractivity contribution in [1.82, 2.24) is 14.3 Å². The molecular weight excluding hydrogens is 214 g/mol. The first-order chi connectivity index (χ1) is 8.25. The minimum Gasteiger partial charge on any atom is -0.339 e. The summed E-state index contributed by atoms with van der Waals surface area (Å²) in [4.78, 5) is 18.7. The molecule has 1 fully saturated rings. The lowest BCUT2D eigenvalue weighted by Gasteiger charge is -2.15. The topological polar surface area (TPSA) is 37.6 Å². The van der Waals surface area contributed by atoms with E-state index in [0.717, 1.165) is 37.3 Å². The van der Waals surface area contributed by atoms with Gasteiger partial charge in [-0.1, -0.05) is 0 Å². The Labute approximate surface area is 99.9 Å². The van der Waals surface area contributed by atoms with Gasteiger partial charge in [0.15, 0.2) is 0 Å². The molecule has 3 rings (SSSR count). The van der Waals surface area contributed by atoms with Crippen LogP contribution < -0.4 is 0 Å². The number of aryl methyl sites for hydroxylation is 1. The maximum absolute atomic E-state index is 12.3. The van der Waals surface area contributed by atoms with Gasteiger partial charge in [0, 0.05) is 25.5 Å². The zero-order valence-electron chi connectivity index (χ0n) is 9.89. The second kappa shape index (κ2) is 3.87. The second-order valence-electron chi connectivity index (χ2n) is 4.53. The summed E-state index contributed by atoms with van der Waals surface area (Å²) in [6.07, 6.45) is 6.09. The van der Waals surface area contributed by atoms with Crippen LogP contribution in [0.25, 0.3) is 5.65 Å². The quantitative estimate of drug-likeness (QED) is 0.748. The summed E-state index contributed by atoms with van der Waals surface area (Å²) < 4.78 is 1.92. The van der Waals surface area contributed by atoms with Crippen LogP contribution in [-0.2, 0) is 0 Å². The zero-order chi connectivity index (χ0) is 11.8. The molecule has 3 heterocycles. The Hall–Kier alpha value is -1.84. The molecule has 0 saturated carbocycles. The smallest absolute Gasteiger partial charge is 0.257 e. The van der Waals surface area contributed by atoms with Gasteiger partial charge in [0.05, 0.1) is 11.3 Å². The first-order valence-electron chi connectivity index (χ1n) is 5.99. The molecule has 1 amide bonds. The highest BCUT2D eigenvalue weighted by atomic mass is 16.2. The van der Waals surface area contributed by atoms with Gasteiger partial charge in [0.2, 0.25) is 0 Å². The summed E-state index contributed by atoms with van der Waals surface area (Å²) in [6, 6.07) is 3.76. The number of pyridine rings is 1. The number of rotatable bonds is 1. The molecule has 2 aromatic rings. The third kappa shape index (κ3) is 1.69. The van der Waals surface area contributed by atoms with Crippen LogP contribution in [0.3, 0.4) is 0 Å². The maximum atomic E-state index is 12.3. The van der Waals surface area contributed by atoms with Crippen molar-refractivity contribution in [3.63, 3.8) is 0 Å². The van der Waals surface area contributed by atoms with Crippen LogP contribution in [0.15, 0.2) is 24.5 Å². The number of hydrogen-bond acceptors (Lipinski definition) is 2. The molecule has 0 bridgehead atoms. The minimum atomic E-state index is 0.110. The van der Waals surface area contributed by atoms with Crippen LogP contribution in [0.1, 0.15) is 28.9 Å². The number of aromatic nitrogens is 2. The van der Waals surface area contributed by atoms with Crippen molar-refractivity contribution in [3.8, 4) is 0 Å².